The van der Waals surface area contributed by atoms with Gasteiger partial charge in [-0.3, -0.25) is 9.69 Å². The van der Waals surface area contributed by atoms with E-state index in [9.17, 15) is 4.79 Å². The first-order valence-corrected chi connectivity index (χ1v) is 17.4. The number of halogens is 2. The Labute approximate surface area is 291 Å². The Morgan fingerprint density at radius 3 is 2.48 bits per heavy atom. The Morgan fingerprint density at radius 1 is 0.938 bits per heavy atom. The van der Waals surface area contributed by atoms with Gasteiger partial charge in [0.15, 0.2) is 0 Å². The molecule has 0 amide bonds. The SMILES string of the molecule is COC(=O)[C@@H]1Cc2cc3c(cc2CN1Cc1cc(C)on1)CC(c1ccc(OC(c2ccc(Cl)c(Cl)c2)C2CCOCC2)cc1)CCO3. The number of aryl methyl sites for hydroxylation is 1. The zero-order chi connectivity index (χ0) is 33.2. The van der Waals surface area contributed by atoms with Gasteiger partial charge >= 0.3 is 5.97 Å². The van der Waals surface area contributed by atoms with Crippen LogP contribution >= 0.6 is 23.2 Å². The lowest BCUT2D eigenvalue weighted by Crippen LogP contribution is -2.45. The monoisotopic (exact) mass is 690 g/mol. The van der Waals surface area contributed by atoms with Crippen molar-refractivity contribution in [2.45, 2.75) is 70.2 Å². The average Bonchev–Trinajstić information content (AvgIpc) is 3.40. The first kappa shape index (κ1) is 33.0. The number of methoxy groups -OCH3 is 1. The van der Waals surface area contributed by atoms with E-state index < -0.39 is 6.04 Å². The maximum Gasteiger partial charge on any atom is 0.323 e. The van der Waals surface area contributed by atoms with Crippen LogP contribution in [0.1, 0.15) is 70.6 Å². The van der Waals surface area contributed by atoms with Crippen molar-refractivity contribution in [3.05, 3.63) is 110 Å². The number of ether oxygens (including phenoxy) is 4. The van der Waals surface area contributed by atoms with Gasteiger partial charge in [0.1, 0.15) is 29.4 Å². The van der Waals surface area contributed by atoms with Crippen molar-refractivity contribution in [1.29, 1.82) is 0 Å². The number of esters is 1. The van der Waals surface area contributed by atoms with Gasteiger partial charge in [0.2, 0.25) is 0 Å². The summed E-state index contributed by atoms with van der Waals surface area (Å²) in [6.45, 7) is 5.05. The van der Waals surface area contributed by atoms with Crippen LogP contribution in [0, 0.1) is 12.8 Å². The maximum atomic E-state index is 12.8. The molecule has 0 N–H and O–H groups in total. The van der Waals surface area contributed by atoms with Crippen LogP contribution in [-0.2, 0) is 40.2 Å². The van der Waals surface area contributed by atoms with Crippen molar-refractivity contribution in [2.75, 3.05) is 26.9 Å². The van der Waals surface area contributed by atoms with E-state index in [0.29, 0.717) is 48.0 Å². The standard InChI is InChI=1S/C38H40Cl2N2O6/c1-23-15-31(41-48-23)22-42-21-30-17-29-16-26(11-14-46-36(29)20-28(30)19-35(42)38(43)44-2)24-3-6-32(7-4-24)47-37(25-9-12-45-13-10-25)27-5-8-33(39)34(40)18-27/h3-8,15,17-18,20,25-26,35,37H,9-14,16,19,21-22H2,1-2H3/t26?,35-,37?/m0/s1. The predicted octanol–water partition coefficient (Wildman–Crippen LogP) is 8.05. The molecule has 1 fully saturated rings. The highest BCUT2D eigenvalue weighted by Gasteiger charge is 2.34. The van der Waals surface area contributed by atoms with E-state index in [1.807, 2.05) is 31.2 Å². The number of hydrogen-bond donors (Lipinski definition) is 0. The molecule has 3 aliphatic rings. The molecule has 0 aliphatic carbocycles. The van der Waals surface area contributed by atoms with Gasteiger partial charge in [-0.05, 0) is 103 Å². The highest BCUT2D eigenvalue weighted by molar-refractivity contribution is 6.42. The summed E-state index contributed by atoms with van der Waals surface area (Å²) in [4.78, 5) is 14.9. The predicted molar refractivity (Wildman–Crippen MR) is 183 cm³/mol. The van der Waals surface area contributed by atoms with Gasteiger partial charge in [-0.25, -0.2) is 0 Å². The summed E-state index contributed by atoms with van der Waals surface area (Å²) in [6.07, 6.45) is 4.02. The number of aromatic nitrogens is 1. The van der Waals surface area contributed by atoms with Gasteiger partial charge in [0.05, 0.1) is 29.5 Å². The summed E-state index contributed by atoms with van der Waals surface area (Å²) in [5, 5.41) is 5.23. The van der Waals surface area contributed by atoms with Gasteiger partial charge in [-0.1, -0.05) is 52.6 Å². The fraction of sp³-hybridized carbons (Fsp3) is 0.421. The number of carbonyl (C=O) groups excluding carboxylic acids is 1. The molecule has 3 aromatic carbocycles. The Bertz CT molecular complexity index is 1750. The van der Waals surface area contributed by atoms with Crippen molar-refractivity contribution in [3.63, 3.8) is 0 Å². The lowest BCUT2D eigenvalue weighted by molar-refractivity contribution is -0.148. The molecule has 48 heavy (non-hydrogen) atoms. The van der Waals surface area contributed by atoms with Gasteiger partial charge in [0, 0.05) is 38.3 Å². The molecule has 252 valence electrons. The Balaban J connectivity index is 1.09. The minimum absolute atomic E-state index is 0.148. The van der Waals surface area contributed by atoms with E-state index in [1.54, 1.807) is 0 Å². The summed E-state index contributed by atoms with van der Waals surface area (Å²) in [5.74, 6) is 2.83. The van der Waals surface area contributed by atoms with Gasteiger partial charge in [-0.2, -0.15) is 0 Å². The molecule has 0 saturated carbocycles. The molecule has 0 bridgehead atoms. The van der Waals surface area contributed by atoms with Crippen LogP contribution < -0.4 is 9.47 Å². The maximum absolute atomic E-state index is 12.8. The van der Waals surface area contributed by atoms with E-state index in [1.165, 1.54) is 23.8 Å². The fourth-order valence-electron chi connectivity index (χ4n) is 7.32. The zero-order valence-electron chi connectivity index (χ0n) is 27.3. The molecule has 0 radical (unpaired) electrons. The van der Waals surface area contributed by atoms with Crippen LogP contribution in [0.25, 0.3) is 0 Å². The number of nitrogens with zero attached hydrogens (tertiary/aromatic N) is 2. The summed E-state index contributed by atoms with van der Waals surface area (Å²) in [7, 11) is 1.44. The first-order chi connectivity index (χ1) is 23.3. The molecule has 7 rings (SSSR count). The third-order valence-electron chi connectivity index (χ3n) is 9.90. The smallest absolute Gasteiger partial charge is 0.323 e. The number of hydrogen-bond acceptors (Lipinski definition) is 8. The molecule has 3 atom stereocenters. The van der Waals surface area contributed by atoms with Crippen molar-refractivity contribution in [2.24, 2.45) is 5.92 Å². The first-order valence-electron chi connectivity index (χ1n) is 16.7. The number of fused-ring (bicyclic) bond motifs is 2. The third kappa shape index (κ3) is 7.22. The minimum Gasteiger partial charge on any atom is -0.493 e. The van der Waals surface area contributed by atoms with Crippen LogP contribution in [0.5, 0.6) is 11.5 Å². The third-order valence-corrected chi connectivity index (χ3v) is 10.6. The van der Waals surface area contributed by atoms with E-state index in [2.05, 4.69) is 46.5 Å². The topological polar surface area (TPSA) is 83.3 Å². The minimum atomic E-state index is -0.403. The van der Waals surface area contributed by atoms with Crippen LogP contribution in [0.4, 0.5) is 0 Å². The highest BCUT2D eigenvalue weighted by atomic mass is 35.5. The lowest BCUT2D eigenvalue weighted by Gasteiger charge is -2.35. The average molecular weight is 692 g/mol. The molecular formula is C38H40Cl2N2O6. The molecule has 0 spiro atoms. The van der Waals surface area contributed by atoms with E-state index >= 15 is 0 Å². The van der Waals surface area contributed by atoms with E-state index in [4.69, 9.17) is 46.7 Å². The molecule has 4 aromatic rings. The molecule has 2 unspecified atom stereocenters. The molecule has 10 heteroatoms. The summed E-state index contributed by atoms with van der Waals surface area (Å²) >= 11 is 12.6. The van der Waals surface area contributed by atoms with Crippen molar-refractivity contribution >= 4 is 29.2 Å². The van der Waals surface area contributed by atoms with Crippen molar-refractivity contribution in [1.82, 2.24) is 10.1 Å². The van der Waals surface area contributed by atoms with Gasteiger partial charge in [0.25, 0.3) is 0 Å². The Kier molecular flexibility index (Phi) is 9.96. The molecule has 1 saturated heterocycles. The number of benzene rings is 3. The normalized spacial score (nSPS) is 20.6. The van der Waals surface area contributed by atoms with Crippen LogP contribution in [0.15, 0.2) is 65.2 Å². The van der Waals surface area contributed by atoms with E-state index in [0.717, 1.165) is 73.0 Å². The van der Waals surface area contributed by atoms with Crippen LogP contribution in [0.3, 0.4) is 0 Å². The van der Waals surface area contributed by atoms with E-state index in [-0.39, 0.29) is 12.1 Å². The number of carbonyl (C=O) groups is 1. The zero-order valence-corrected chi connectivity index (χ0v) is 28.8. The lowest BCUT2D eigenvalue weighted by atomic mass is 9.86. The molecular weight excluding hydrogens is 651 g/mol. The molecule has 3 aliphatic heterocycles. The summed E-state index contributed by atoms with van der Waals surface area (Å²) < 4.78 is 29.1. The van der Waals surface area contributed by atoms with Crippen LogP contribution in [0.2, 0.25) is 10.0 Å². The summed E-state index contributed by atoms with van der Waals surface area (Å²) in [5.41, 5.74) is 6.58. The second-order valence-corrected chi connectivity index (χ2v) is 13.9. The largest absolute Gasteiger partial charge is 0.493 e. The quantitative estimate of drug-likeness (QED) is 0.172. The van der Waals surface area contributed by atoms with Crippen molar-refractivity contribution < 1.29 is 28.3 Å². The molecule has 1 aromatic heterocycles. The second kappa shape index (κ2) is 14.5. The molecule has 4 heterocycles. The van der Waals surface area contributed by atoms with Crippen LogP contribution in [-0.4, -0.2) is 49.0 Å². The van der Waals surface area contributed by atoms with Gasteiger partial charge in [-0.15, -0.1) is 0 Å². The van der Waals surface area contributed by atoms with Gasteiger partial charge < -0.3 is 23.5 Å². The summed E-state index contributed by atoms with van der Waals surface area (Å²) in [6, 6.07) is 20.2. The highest BCUT2D eigenvalue weighted by Crippen LogP contribution is 2.40. The Hall–Kier alpha value is -3.56. The fourth-order valence-corrected chi connectivity index (χ4v) is 7.63. The Morgan fingerprint density at radius 2 is 1.75 bits per heavy atom. The number of rotatable bonds is 8. The molecule has 8 nitrogen and oxygen atoms in total. The van der Waals surface area contributed by atoms with Crippen molar-refractivity contribution in [3.8, 4) is 11.5 Å². The second-order valence-electron chi connectivity index (χ2n) is 13.1.